The molecule has 0 aromatic heterocycles. The molecule has 1 fully saturated rings. The molecule has 3 rings (SSSR count). The van der Waals surface area contributed by atoms with E-state index in [4.69, 9.17) is 9.47 Å². The summed E-state index contributed by atoms with van der Waals surface area (Å²) in [7, 11) is -0.710. The maximum Gasteiger partial charge on any atom is 0.264 e. The molecule has 7 nitrogen and oxygen atoms in total. The van der Waals surface area contributed by atoms with Gasteiger partial charge in [-0.05, 0) is 41.1 Å². The molecule has 1 N–H and O–H groups in total. The topological polar surface area (TPSA) is 94.1 Å². The number of thioether (sulfide) groups is 1. The quantitative estimate of drug-likeness (QED) is 0.725. The third-order valence-corrected chi connectivity index (χ3v) is 5.95. The maximum atomic E-state index is 12.3. The minimum absolute atomic E-state index is 0.0349. The first-order valence-electron chi connectivity index (χ1n) is 8.19. The van der Waals surface area contributed by atoms with Crippen LogP contribution in [0.25, 0.3) is 6.08 Å². The molecule has 146 valence electrons. The lowest BCUT2D eigenvalue weighted by Crippen LogP contribution is -2.21. The lowest BCUT2D eigenvalue weighted by Gasteiger charge is -2.07. The summed E-state index contributed by atoms with van der Waals surface area (Å²) in [5, 5.41) is 2.52. The van der Waals surface area contributed by atoms with Crippen LogP contribution in [-0.2, 0) is 20.6 Å². The molecule has 0 radical (unpaired) electrons. The van der Waals surface area contributed by atoms with E-state index in [0.29, 0.717) is 27.5 Å². The van der Waals surface area contributed by atoms with Crippen LogP contribution in [0.4, 0.5) is 0 Å². The summed E-state index contributed by atoms with van der Waals surface area (Å²) in [4.78, 5) is 12.5. The van der Waals surface area contributed by atoms with E-state index in [2.05, 4.69) is 9.71 Å². The fourth-order valence-electron chi connectivity index (χ4n) is 2.51. The molecular weight excluding hydrogens is 400 g/mol. The number of amides is 1. The third-order valence-electron chi connectivity index (χ3n) is 3.77. The number of amidine groups is 1. The van der Waals surface area contributed by atoms with E-state index < -0.39 is 15.9 Å². The number of nitrogens with zero attached hydrogens (tertiary/aromatic N) is 1. The summed E-state index contributed by atoms with van der Waals surface area (Å²) in [5.41, 5.74) is 1.34. The molecule has 1 aliphatic heterocycles. The number of benzene rings is 2. The zero-order valence-electron chi connectivity index (χ0n) is 15.2. The summed E-state index contributed by atoms with van der Waals surface area (Å²) < 4.78 is 38.7. The van der Waals surface area contributed by atoms with Gasteiger partial charge in [-0.1, -0.05) is 36.4 Å². The number of sulfonamides is 1. The zero-order chi connectivity index (χ0) is 20.1. The molecule has 2 aromatic carbocycles. The number of ether oxygens (including phenoxy) is 2. The molecule has 0 atom stereocenters. The Hall–Kier alpha value is -2.78. The van der Waals surface area contributed by atoms with Gasteiger partial charge in [-0.3, -0.25) is 10.1 Å². The first-order valence-corrected chi connectivity index (χ1v) is 10.6. The standard InChI is InChI=1S/C19H18N2O5S2/c1-25-15-9-8-14(10-16(15)26-2)11-17-18(22)20-19(27-17)21-28(23,24)12-13-6-4-3-5-7-13/h3-11H,12H2,1-2H3,(H,20,21,22). The molecule has 0 spiro atoms. The van der Waals surface area contributed by atoms with Gasteiger partial charge < -0.3 is 9.47 Å². The Balaban J connectivity index is 1.79. The lowest BCUT2D eigenvalue weighted by atomic mass is 10.2. The molecule has 0 aliphatic carbocycles. The number of carbonyl (C=O) groups is 1. The van der Waals surface area contributed by atoms with Gasteiger partial charge in [-0.25, -0.2) is 8.42 Å². The number of nitrogens with one attached hydrogen (secondary N) is 1. The predicted octanol–water partition coefficient (Wildman–Crippen LogP) is 2.79. The predicted molar refractivity (Wildman–Crippen MR) is 110 cm³/mol. The summed E-state index contributed by atoms with van der Waals surface area (Å²) in [6.45, 7) is 0. The van der Waals surface area contributed by atoms with E-state index in [9.17, 15) is 13.2 Å². The van der Waals surface area contributed by atoms with Gasteiger partial charge in [0.25, 0.3) is 15.9 Å². The van der Waals surface area contributed by atoms with E-state index in [0.717, 1.165) is 11.8 Å². The highest BCUT2D eigenvalue weighted by Crippen LogP contribution is 2.31. The molecule has 9 heteroatoms. The summed E-state index contributed by atoms with van der Waals surface area (Å²) in [6, 6.07) is 14.0. The van der Waals surface area contributed by atoms with Gasteiger partial charge in [0.15, 0.2) is 16.7 Å². The molecule has 1 aliphatic rings. The highest BCUT2D eigenvalue weighted by molar-refractivity contribution is 8.19. The molecule has 0 saturated carbocycles. The minimum Gasteiger partial charge on any atom is -0.493 e. The molecular formula is C19H18N2O5S2. The molecule has 1 amide bonds. The molecule has 0 bridgehead atoms. The van der Waals surface area contributed by atoms with Gasteiger partial charge in [0.2, 0.25) is 0 Å². The molecule has 0 unspecified atom stereocenters. The number of rotatable bonds is 6. The summed E-state index contributed by atoms with van der Waals surface area (Å²) in [5.74, 6) is 0.457. The van der Waals surface area contributed by atoms with Crippen molar-refractivity contribution in [1.29, 1.82) is 0 Å². The van der Waals surface area contributed by atoms with E-state index in [1.54, 1.807) is 54.6 Å². The highest BCUT2D eigenvalue weighted by atomic mass is 32.2. The van der Waals surface area contributed by atoms with Gasteiger partial charge in [-0.2, -0.15) is 0 Å². The van der Waals surface area contributed by atoms with Crippen LogP contribution in [0.1, 0.15) is 11.1 Å². The highest BCUT2D eigenvalue weighted by Gasteiger charge is 2.26. The fourth-order valence-corrected chi connectivity index (χ4v) is 4.67. The first kappa shape index (κ1) is 20.0. The van der Waals surface area contributed by atoms with Gasteiger partial charge in [0.05, 0.1) is 24.9 Å². The Labute approximate surface area is 167 Å². The number of carbonyl (C=O) groups excluding carboxylic acids is 1. The molecule has 1 heterocycles. The van der Waals surface area contributed by atoms with E-state index in [1.165, 1.54) is 14.2 Å². The van der Waals surface area contributed by atoms with Crippen LogP contribution >= 0.6 is 11.8 Å². The first-order chi connectivity index (χ1) is 13.4. The normalized spacial score (nSPS) is 17.0. The Kier molecular flexibility index (Phi) is 6.05. The lowest BCUT2D eigenvalue weighted by molar-refractivity contribution is -0.115. The van der Waals surface area contributed by atoms with Crippen LogP contribution in [0.5, 0.6) is 11.5 Å². The van der Waals surface area contributed by atoms with E-state index in [-0.39, 0.29) is 10.9 Å². The van der Waals surface area contributed by atoms with Crippen LogP contribution in [0.3, 0.4) is 0 Å². The van der Waals surface area contributed by atoms with Gasteiger partial charge in [0.1, 0.15) is 0 Å². The van der Waals surface area contributed by atoms with Crippen LogP contribution in [0.2, 0.25) is 0 Å². The second-order valence-corrected chi connectivity index (χ2v) is 8.45. The van der Waals surface area contributed by atoms with Crippen molar-refractivity contribution in [1.82, 2.24) is 5.32 Å². The largest absolute Gasteiger partial charge is 0.493 e. The van der Waals surface area contributed by atoms with Crippen molar-refractivity contribution in [3.05, 3.63) is 64.6 Å². The molecule has 1 saturated heterocycles. The Morgan fingerprint density at radius 3 is 2.46 bits per heavy atom. The average molecular weight is 418 g/mol. The second kappa shape index (κ2) is 8.49. The van der Waals surface area contributed by atoms with Gasteiger partial charge >= 0.3 is 0 Å². The van der Waals surface area contributed by atoms with E-state index in [1.807, 2.05) is 0 Å². The van der Waals surface area contributed by atoms with E-state index >= 15 is 0 Å². The van der Waals surface area contributed by atoms with Crippen molar-refractivity contribution >= 4 is 38.9 Å². The summed E-state index contributed by atoms with van der Waals surface area (Å²) in [6.07, 6.45) is 1.63. The van der Waals surface area contributed by atoms with Crippen molar-refractivity contribution in [2.75, 3.05) is 14.2 Å². The molecule has 28 heavy (non-hydrogen) atoms. The van der Waals surface area contributed by atoms with Crippen LogP contribution < -0.4 is 14.8 Å². The Morgan fingerprint density at radius 1 is 1.07 bits per heavy atom. The third kappa shape index (κ3) is 4.93. The minimum atomic E-state index is -3.77. The maximum absolute atomic E-state index is 12.3. The van der Waals surface area contributed by atoms with Crippen LogP contribution in [0, 0.1) is 0 Å². The molecule has 2 aromatic rings. The van der Waals surface area contributed by atoms with Crippen molar-refractivity contribution < 1.29 is 22.7 Å². The number of methoxy groups -OCH3 is 2. The number of hydrogen-bond donors (Lipinski definition) is 1. The number of hydrogen-bond acceptors (Lipinski definition) is 6. The van der Waals surface area contributed by atoms with Crippen molar-refractivity contribution in [3.8, 4) is 11.5 Å². The van der Waals surface area contributed by atoms with Crippen LogP contribution in [-0.4, -0.2) is 33.7 Å². The van der Waals surface area contributed by atoms with Crippen LogP contribution in [0.15, 0.2) is 57.8 Å². The Bertz CT molecular complexity index is 1050. The SMILES string of the molecule is COc1ccc(C=C2S/C(=N/S(=O)(=O)Cc3ccccc3)NC2=O)cc1OC. The fraction of sp³-hybridized carbons (Fsp3) is 0.158. The van der Waals surface area contributed by atoms with Crippen molar-refractivity contribution in [3.63, 3.8) is 0 Å². The van der Waals surface area contributed by atoms with Crippen molar-refractivity contribution in [2.45, 2.75) is 5.75 Å². The summed E-state index contributed by atoms with van der Waals surface area (Å²) >= 11 is 0.974. The van der Waals surface area contributed by atoms with Crippen molar-refractivity contribution in [2.24, 2.45) is 4.40 Å². The smallest absolute Gasteiger partial charge is 0.264 e. The Morgan fingerprint density at radius 2 is 1.79 bits per heavy atom. The monoisotopic (exact) mass is 418 g/mol. The average Bonchev–Trinajstić information content (AvgIpc) is 2.99. The second-order valence-electron chi connectivity index (χ2n) is 5.79. The van der Waals surface area contributed by atoms with Gasteiger partial charge in [0, 0.05) is 0 Å². The van der Waals surface area contributed by atoms with Gasteiger partial charge in [-0.15, -0.1) is 4.40 Å². The zero-order valence-corrected chi connectivity index (χ0v) is 16.8.